The van der Waals surface area contributed by atoms with Gasteiger partial charge in [0.05, 0.1) is 0 Å². The molecule has 0 bridgehead atoms. The predicted octanol–water partition coefficient (Wildman–Crippen LogP) is 2.78. The van der Waals surface area contributed by atoms with Crippen LogP contribution in [0, 0.1) is 0 Å². The average Bonchev–Trinajstić information content (AvgIpc) is 3.38. The monoisotopic (exact) mass is 366 g/mol. The number of carboxylic acid groups (broad SMARTS) is 1. The molecule has 0 spiro atoms. The minimum atomic E-state index is -1.19. The van der Waals surface area contributed by atoms with Crippen molar-refractivity contribution in [1.82, 2.24) is 20.1 Å². The molecule has 3 heterocycles. The van der Waals surface area contributed by atoms with Gasteiger partial charge in [-0.3, -0.25) is 9.89 Å². The van der Waals surface area contributed by atoms with E-state index in [9.17, 15) is 9.59 Å². The number of benzene rings is 1. The molecule has 1 aliphatic heterocycles. The van der Waals surface area contributed by atoms with Crippen LogP contribution in [-0.2, 0) is 0 Å². The second kappa shape index (κ2) is 7.06. The summed E-state index contributed by atoms with van der Waals surface area (Å²) in [6.07, 6.45) is 1.50. The maximum atomic E-state index is 12.5. The molecule has 2 N–H and O–H groups in total. The van der Waals surface area contributed by atoms with E-state index >= 15 is 0 Å². The van der Waals surface area contributed by atoms with Crippen molar-refractivity contribution in [3.05, 3.63) is 59.8 Å². The Balaban J connectivity index is 1.39. The third-order valence-electron chi connectivity index (χ3n) is 4.73. The van der Waals surface area contributed by atoms with E-state index in [1.54, 1.807) is 4.90 Å². The molecule has 0 aliphatic carbocycles. The number of carbonyl (C=O) groups is 2. The molecular formula is C19H18N4O4. The number of carboxylic acids is 1. The minimum Gasteiger partial charge on any atom is -0.475 e. The van der Waals surface area contributed by atoms with Crippen LogP contribution < -0.4 is 0 Å². The van der Waals surface area contributed by atoms with Crippen LogP contribution in [0.5, 0.6) is 0 Å². The number of hydrogen-bond donors (Lipinski definition) is 2. The normalized spacial score (nSPS) is 15.0. The number of hydrogen-bond acceptors (Lipinski definition) is 5. The summed E-state index contributed by atoms with van der Waals surface area (Å²) in [5.41, 5.74) is 0.958. The van der Waals surface area contributed by atoms with Crippen LogP contribution >= 0.6 is 0 Å². The van der Waals surface area contributed by atoms with Gasteiger partial charge in [-0.05, 0) is 25.0 Å². The average molecular weight is 366 g/mol. The molecule has 8 nitrogen and oxygen atoms in total. The first kappa shape index (κ1) is 17.0. The second-order valence-electron chi connectivity index (χ2n) is 6.45. The Morgan fingerprint density at radius 2 is 1.78 bits per heavy atom. The molecule has 2 aromatic heterocycles. The van der Waals surface area contributed by atoms with E-state index in [1.807, 2.05) is 30.3 Å². The van der Waals surface area contributed by atoms with Crippen LogP contribution in [-0.4, -0.2) is 50.2 Å². The Kier molecular flexibility index (Phi) is 4.45. The molecule has 1 aromatic carbocycles. The molecule has 8 heteroatoms. The SMILES string of the molecule is O=C(O)c1ccc(C(=O)N2CCC(c3nc(-c4ccccc4)n[nH]3)CC2)o1. The molecule has 0 unspecified atom stereocenters. The summed E-state index contributed by atoms with van der Waals surface area (Å²) < 4.78 is 5.10. The number of aromatic nitrogens is 3. The molecule has 4 rings (SSSR count). The zero-order chi connectivity index (χ0) is 18.8. The maximum absolute atomic E-state index is 12.5. The molecule has 27 heavy (non-hydrogen) atoms. The van der Waals surface area contributed by atoms with Crippen LogP contribution in [0.15, 0.2) is 46.9 Å². The predicted molar refractivity (Wildman–Crippen MR) is 95.4 cm³/mol. The molecule has 0 saturated carbocycles. The van der Waals surface area contributed by atoms with Crippen LogP contribution in [0.3, 0.4) is 0 Å². The quantitative estimate of drug-likeness (QED) is 0.734. The van der Waals surface area contributed by atoms with E-state index in [0.29, 0.717) is 18.9 Å². The van der Waals surface area contributed by atoms with Crippen molar-refractivity contribution < 1.29 is 19.1 Å². The summed E-state index contributed by atoms with van der Waals surface area (Å²) in [7, 11) is 0. The lowest BCUT2D eigenvalue weighted by atomic mass is 9.96. The van der Waals surface area contributed by atoms with Crippen molar-refractivity contribution in [1.29, 1.82) is 0 Å². The van der Waals surface area contributed by atoms with Gasteiger partial charge >= 0.3 is 5.97 Å². The number of carbonyl (C=O) groups excluding carboxylic acids is 1. The first-order chi connectivity index (χ1) is 13.1. The third-order valence-corrected chi connectivity index (χ3v) is 4.73. The summed E-state index contributed by atoms with van der Waals surface area (Å²) in [5, 5.41) is 16.2. The van der Waals surface area contributed by atoms with Crippen LogP contribution in [0.25, 0.3) is 11.4 Å². The van der Waals surface area contributed by atoms with Gasteiger partial charge in [-0.2, -0.15) is 5.10 Å². The maximum Gasteiger partial charge on any atom is 0.371 e. The summed E-state index contributed by atoms with van der Waals surface area (Å²) in [5.74, 6) is 0.0363. The van der Waals surface area contributed by atoms with E-state index in [4.69, 9.17) is 9.52 Å². The fourth-order valence-electron chi connectivity index (χ4n) is 3.25. The lowest BCUT2D eigenvalue weighted by molar-refractivity contribution is 0.0638. The topological polar surface area (TPSA) is 112 Å². The minimum absolute atomic E-state index is 0.0527. The van der Waals surface area contributed by atoms with Crippen molar-refractivity contribution in [2.75, 3.05) is 13.1 Å². The Morgan fingerprint density at radius 1 is 1.07 bits per heavy atom. The highest BCUT2D eigenvalue weighted by Crippen LogP contribution is 2.28. The van der Waals surface area contributed by atoms with E-state index in [2.05, 4.69) is 15.2 Å². The Morgan fingerprint density at radius 3 is 2.44 bits per heavy atom. The van der Waals surface area contributed by atoms with E-state index < -0.39 is 5.97 Å². The number of rotatable bonds is 4. The number of likely N-dealkylation sites (tertiary alicyclic amines) is 1. The van der Waals surface area contributed by atoms with Gasteiger partial charge in [-0.15, -0.1) is 0 Å². The third kappa shape index (κ3) is 3.46. The van der Waals surface area contributed by atoms with Gasteiger partial charge in [0.25, 0.3) is 5.91 Å². The van der Waals surface area contributed by atoms with Gasteiger partial charge in [0.15, 0.2) is 11.6 Å². The molecule has 0 atom stereocenters. The van der Waals surface area contributed by atoms with E-state index in [-0.39, 0.29) is 23.3 Å². The molecule has 1 fully saturated rings. The standard InChI is InChI=1S/C19H18N4O4/c24-18(14-6-7-15(27-14)19(25)26)23-10-8-13(9-11-23)17-20-16(21-22-17)12-4-2-1-3-5-12/h1-7,13H,8-11H2,(H,25,26)(H,20,21,22). The summed E-state index contributed by atoms with van der Waals surface area (Å²) in [4.78, 5) is 29.6. The number of furan rings is 1. The van der Waals surface area contributed by atoms with Gasteiger partial charge in [0.1, 0.15) is 5.82 Å². The van der Waals surface area contributed by atoms with E-state index in [0.717, 1.165) is 24.2 Å². The van der Waals surface area contributed by atoms with Gasteiger partial charge in [0.2, 0.25) is 5.76 Å². The lowest BCUT2D eigenvalue weighted by Gasteiger charge is -2.30. The summed E-state index contributed by atoms with van der Waals surface area (Å²) >= 11 is 0. The van der Waals surface area contributed by atoms with Crippen LogP contribution in [0.2, 0.25) is 0 Å². The first-order valence-corrected chi connectivity index (χ1v) is 8.72. The van der Waals surface area contributed by atoms with Crippen LogP contribution in [0.4, 0.5) is 0 Å². The van der Waals surface area contributed by atoms with Gasteiger partial charge in [-0.1, -0.05) is 30.3 Å². The lowest BCUT2D eigenvalue weighted by Crippen LogP contribution is -2.38. The Bertz CT molecular complexity index is 955. The Hall–Kier alpha value is -3.42. The fraction of sp³-hybridized carbons (Fsp3) is 0.263. The number of H-pyrrole nitrogens is 1. The van der Waals surface area contributed by atoms with E-state index in [1.165, 1.54) is 12.1 Å². The second-order valence-corrected chi connectivity index (χ2v) is 6.45. The first-order valence-electron chi connectivity index (χ1n) is 8.72. The number of aromatic carboxylic acids is 1. The number of piperidine rings is 1. The molecule has 3 aromatic rings. The zero-order valence-corrected chi connectivity index (χ0v) is 14.5. The Labute approximate surface area is 154 Å². The fourth-order valence-corrected chi connectivity index (χ4v) is 3.25. The summed E-state index contributed by atoms with van der Waals surface area (Å²) in [6.45, 7) is 1.10. The van der Waals surface area contributed by atoms with Gasteiger partial charge in [0, 0.05) is 24.6 Å². The van der Waals surface area contributed by atoms with Crippen molar-refractivity contribution >= 4 is 11.9 Å². The van der Waals surface area contributed by atoms with Gasteiger partial charge < -0.3 is 14.4 Å². The molecule has 1 aliphatic rings. The molecule has 1 amide bonds. The summed E-state index contributed by atoms with van der Waals surface area (Å²) in [6, 6.07) is 12.5. The largest absolute Gasteiger partial charge is 0.475 e. The highest BCUT2D eigenvalue weighted by atomic mass is 16.4. The van der Waals surface area contributed by atoms with Crippen molar-refractivity contribution in [3.8, 4) is 11.4 Å². The highest BCUT2D eigenvalue weighted by Gasteiger charge is 2.28. The number of nitrogens with zero attached hydrogens (tertiary/aromatic N) is 3. The zero-order valence-electron chi connectivity index (χ0n) is 14.5. The van der Waals surface area contributed by atoms with Gasteiger partial charge in [-0.25, -0.2) is 9.78 Å². The van der Waals surface area contributed by atoms with Crippen molar-refractivity contribution in [2.45, 2.75) is 18.8 Å². The number of aromatic amines is 1. The van der Waals surface area contributed by atoms with Crippen molar-refractivity contribution in [3.63, 3.8) is 0 Å². The highest BCUT2D eigenvalue weighted by molar-refractivity contribution is 5.93. The van der Waals surface area contributed by atoms with Crippen LogP contribution in [0.1, 0.15) is 45.7 Å². The number of nitrogens with one attached hydrogen (secondary N) is 1. The molecule has 0 radical (unpaired) electrons. The molecule has 1 saturated heterocycles. The van der Waals surface area contributed by atoms with Crippen molar-refractivity contribution in [2.24, 2.45) is 0 Å². The molecule has 138 valence electrons. The smallest absolute Gasteiger partial charge is 0.371 e. The molecular weight excluding hydrogens is 348 g/mol. The number of amides is 1.